The van der Waals surface area contributed by atoms with E-state index in [-0.39, 0.29) is 11.5 Å². The topological polar surface area (TPSA) is 77.6 Å². The molecule has 4 aromatic rings. The molecule has 4 rings (SSSR count). The van der Waals surface area contributed by atoms with Crippen LogP contribution >= 0.6 is 0 Å². The minimum absolute atomic E-state index is 0.147. The Kier molecular flexibility index (Phi) is 5.81. The fourth-order valence-corrected chi connectivity index (χ4v) is 3.84. The summed E-state index contributed by atoms with van der Waals surface area (Å²) in [6, 6.07) is 13.3. The third-order valence-corrected chi connectivity index (χ3v) is 5.58. The molecule has 0 aliphatic heterocycles. The van der Waals surface area contributed by atoms with Gasteiger partial charge in [0.05, 0.1) is 12.8 Å². The Morgan fingerprint density at radius 3 is 2.56 bits per heavy atom. The van der Waals surface area contributed by atoms with Crippen LogP contribution in [0, 0.1) is 20.8 Å². The average Bonchev–Trinajstić information content (AvgIpc) is 3.20. The molecular weight excluding hydrogens is 404 g/mol. The monoisotopic (exact) mass is 430 g/mol. The molecule has 0 radical (unpaired) electrons. The number of hydrogen-bond acceptors (Lipinski definition) is 4. The molecule has 164 valence electrons. The van der Waals surface area contributed by atoms with Crippen LogP contribution in [-0.2, 0) is 6.54 Å². The maximum absolute atomic E-state index is 13.0. The Bertz CT molecular complexity index is 1370. The minimum atomic E-state index is -0.180. The van der Waals surface area contributed by atoms with Crippen molar-refractivity contribution in [2.24, 2.45) is 0 Å². The van der Waals surface area contributed by atoms with E-state index in [1.807, 2.05) is 45.0 Å². The molecule has 0 aliphatic carbocycles. The molecule has 2 heterocycles. The van der Waals surface area contributed by atoms with Gasteiger partial charge in [0.15, 0.2) is 0 Å². The number of methoxy groups -OCH3 is 1. The second-order valence-electron chi connectivity index (χ2n) is 7.91. The molecule has 7 heteroatoms. The van der Waals surface area contributed by atoms with Crippen molar-refractivity contribution in [2.75, 3.05) is 13.7 Å². The highest BCUT2D eigenvalue weighted by Gasteiger charge is 2.12. The van der Waals surface area contributed by atoms with Gasteiger partial charge in [0.1, 0.15) is 11.3 Å². The van der Waals surface area contributed by atoms with Gasteiger partial charge in [-0.05, 0) is 56.2 Å². The molecule has 0 unspecified atom stereocenters. The standard InChI is InChI=1S/C25H26N4O3/c1-16-5-7-20(17(2)13-16)22-15-23-25(31)28(11-12-29(23)27-22)10-9-26-24(30)21-8-6-19(32-4)14-18(21)3/h5-8,11-15H,9-10H2,1-4H3,(H,26,30). The van der Waals surface area contributed by atoms with Crippen molar-refractivity contribution in [3.05, 3.63) is 87.5 Å². The van der Waals surface area contributed by atoms with Crippen LogP contribution in [0.4, 0.5) is 0 Å². The van der Waals surface area contributed by atoms with Crippen molar-refractivity contribution in [2.45, 2.75) is 27.3 Å². The van der Waals surface area contributed by atoms with Crippen LogP contribution in [0.2, 0.25) is 0 Å². The molecule has 7 nitrogen and oxygen atoms in total. The SMILES string of the molecule is COc1ccc(C(=O)NCCn2ccn3nc(-c4ccc(C)cc4C)cc3c2=O)c(C)c1. The fraction of sp³-hybridized carbons (Fsp3) is 0.240. The van der Waals surface area contributed by atoms with Crippen LogP contribution in [-0.4, -0.2) is 33.7 Å². The number of aromatic nitrogens is 3. The third kappa shape index (κ3) is 4.14. The lowest BCUT2D eigenvalue weighted by molar-refractivity contribution is 0.0951. The second-order valence-corrected chi connectivity index (χ2v) is 7.91. The maximum Gasteiger partial charge on any atom is 0.276 e. The van der Waals surface area contributed by atoms with E-state index < -0.39 is 0 Å². The summed E-state index contributed by atoms with van der Waals surface area (Å²) in [7, 11) is 1.59. The van der Waals surface area contributed by atoms with Gasteiger partial charge in [0.25, 0.3) is 11.5 Å². The Hall–Kier alpha value is -3.87. The van der Waals surface area contributed by atoms with E-state index in [2.05, 4.69) is 16.5 Å². The predicted octanol–water partition coefficient (Wildman–Crippen LogP) is 3.53. The number of amides is 1. The number of hydrogen-bond donors (Lipinski definition) is 1. The molecule has 0 fully saturated rings. The summed E-state index contributed by atoms with van der Waals surface area (Å²) in [6.45, 7) is 6.65. The summed E-state index contributed by atoms with van der Waals surface area (Å²) >= 11 is 0. The highest BCUT2D eigenvalue weighted by molar-refractivity contribution is 5.95. The lowest BCUT2D eigenvalue weighted by atomic mass is 10.0. The van der Waals surface area contributed by atoms with Gasteiger partial charge in [-0.25, -0.2) is 4.52 Å². The van der Waals surface area contributed by atoms with E-state index >= 15 is 0 Å². The summed E-state index contributed by atoms with van der Waals surface area (Å²) in [5, 5.41) is 7.45. The molecular formula is C25H26N4O3. The Balaban J connectivity index is 1.50. The molecule has 32 heavy (non-hydrogen) atoms. The van der Waals surface area contributed by atoms with E-state index in [0.29, 0.717) is 29.9 Å². The summed E-state index contributed by atoms with van der Waals surface area (Å²) in [5.41, 5.74) is 5.84. The smallest absolute Gasteiger partial charge is 0.276 e. The molecule has 0 bridgehead atoms. The van der Waals surface area contributed by atoms with Crippen molar-refractivity contribution in [3.8, 4) is 17.0 Å². The zero-order valence-corrected chi connectivity index (χ0v) is 18.7. The van der Waals surface area contributed by atoms with Gasteiger partial charge < -0.3 is 14.6 Å². The zero-order valence-electron chi connectivity index (χ0n) is 18.7. The molecule has 0 atom stereocenters. The third-order valence-electron chi connectivity index (χ3n) is 5.58. The molecule has 2 aromatic carbocycles. The van der Waals surface area contributed by atoms with E-state index in [0.717, 1.165) is 22.4 Å². The Labute approximate surface area is 186 Å². The van der Waals surface area contributed by atoms with E-state index in [9.17, 15) is 9.59 Å². The normalized spacial score (nSPS) is 11.0. The van der Waals surface area contributed by atoms with Crippen molar-refractivity contribution >= 4 is 11.4 Å². The van der Waals surface area contributed by atoms with E-state index in [1.54, 1.807) is 40.7 Å². The van der Waals surface area contributed by atoms with Crippen LogP contribution in [0.15, 0.2) is 59.7 Å². The summed E-state index contributed by atoms with van der Waals surface area (Å²) < 4.78 is 8.37. The first-order valence-electron chi connectivity index (χ1n) is 10.5. The van der Waals surface area contributed by atoms with Crippen molar-refractivity contribution in [1.82, 2.24) is 19.5 Å². The van der Waals surface area contributed by atoms with Gasteiger partial charge in [-0.2, -0.15) is 5.10 Å². The van der Waals surface area contributed by atoms with Crippen LogP contribution in [0.5, 0.6) is 5.75 Å². The van der Waals surface area contributed by atoms with Gasteiger partial charge >= 0.3 is 0 Å². The molecule has 0 spiro atoms. The Morgan fingerprint density at radius 2 is 1.84 bits per heavy atom. The Morgan fingerprint density at radius 1 is 1.03 bits per heavy atom. The van der Waals surface area contributed by atoms with Gasteiger partial charge in [0, 0.05) is 36.6 Å². The largest absolute Gasteiger partial charge is 0.497 e. The molecule has 1 N–H and O–H groups in total. The van der Waals surface area contributed by atoms with Gasteiger partial charge in [-0.15, -0.1) is 0 Å². The molecule has 1 amide bonds. The number of fused-ring (bicyclic) bond motifs is 1. The second kappa shape index (κ2) is 8.70. The van der Waals surface area contributed by atoms with Gasteiger partial charge in [-0.1, -0.05) is 23.8 Å². The highest BCUT2D eigenvalue weighted by Crippen LogP contribution is 2.23. The number of carbonyl (C=O) groups is 1. The maximum atomic E-state index is 13.0. The van der Waals surface area contributed by atoms with Crippen LogP contribution < -0.4 is 15.6 Å². The lowest BCUT2D eigenvalue weighted by Gasteiger charge is -2.10. The number of ether oxygens (including phenoxy) is 1. The summed E-state index contributed by atoms with van der Waals surface area (Å²) in [6.07, 6.45) is 3.46. The van der Waals surface area contributed by atoms with Crippen LogP contribution in [0.3, 0.4) is 0 Å². The minimum Gasteiger partial charge on any atom is -0.497 e. The van der Waals surface area contributed by atoms with Crippen LogP contribution in [0.25, 0.3) is 16.8 Å². The molecule has 0 aliphatic rings. The number of nitrogens with zero attached hydrogens (tertiary/aromatic N) is 3. The number of carbonyl (C=O) groups excluding carboxylic acids is 1. The van der Waals surface area contributed by atoms with Crippen molar-refractivity contribution < 1.29 is 9.53 Å². The predicted molar refractivity (Wildman–Crippen MR) is 124 cm³/mol. The van der Waals surface area contributed by atoms with E-state index in [4.69, 9.17) is 4.74 Å². The molecule has 0 saturated heterocycles. The lowest BCUT2D eigenvalue weighted by Crippen LogP contribution is -2.31. The highest BCUT2D eigenvalue weighted by atomic mass is 16.5. The average molecular weight is 431 g/mol. The first-order valence-corrected chi connectivity index (χ1v) is 10.5. The molecule has 0 saturated carbocycles. The summed E-state index contributed by atoms with van der Waals surface area (Å²) in [5.74, 6) is 0.528. The van der Waals surface area contributed by atoms with Gasteiger partial charge in [-0.3, -0.25) is 9.59 Å². The quantitative estimate of drug-likeness (QED) is 0.508. The number of aryl methyl sites for hydroxylation is 3. The van der Waals surface area contributed by atoms with E-state index in [1.165, 1.54) is 5.56 Å². The van der Waals surface area contributed by atoms with Crippen LogP contribution in [0.1, 0.15) is 27.0 Å². The first-order chi connectivity index (χ1) is 15.4. The summed E-state index contributed by atoms with van der Waals surface area (Å²) in [4.78, 5) is 25.5. The first kappa shape index (κ1) is 21.4. The van der Waals surface area contributed by atoms with Crippen molar-refractivity contribution in [1.29, 1.82) is 0 Å². The number of rotatable bonds is 6. The van der Waals surface area contributed by atoms with Gasteiger partial charge in [0.2, 0.25) is 0 Å². The number of benzene rings is 2. The van der Waals surface area contributed by atoms with Crippen molar-refractivity contribution in [3.63, 3.8) is 0 Å². The molecule has 2 aromatic heterocycles. The number of nitrogens with one attached hydrogen (secondary N) is 1. The fourth-order valence-electron chi connectivity index (χ4n) is 3.84. The zero-order chi connectivity index (χ0) is 22.8.